The Kier molecular flexibility index (Phi) is 4.80. The van der Waals surface area contributed by atoms with Crippen molar-refractivity contribution in [3.8, 4) is 5.75 Å². The first-order valence-electron chi connectivity index (χ1n) is 7.06. The molecular formula is C15H21N3O3. The molecule has 0 radical (unpaired) electrons. The Hall–Kier alpha value is -2.08. The van der Waals surface area contributed by atoms with Crippen LogP contribution in [-0.4, -0.2) is 24.1 Å². The van der Waals surface area contributed by atoms with Crippen LogP contribution in [0.25, 0.3) is 0 Å². The van der Waals surface area contributed by atoms with Gasteiger partial charge in [0.05, 0.1) is 0 Å². The molecule has 1 aliphatic carbocycles. The molecule has 2 rings (SSSR count). The number of carbonyl (C=O) groups is 2. The van der Waals surface area contributed by atoms with Crippen LogP contribution in [-0.2, 0) is 11.3 Å². The van der Waals surface area contributed by atoms with E-state index in [9.17, 15) is 9.59 Å². The molecule has 0 bridgehead atoms. The lowest BCUT2D eigenvalue weighted by atomic mass is 10.1. The number of rotatable bonds is 6. The second kappa shape index (κ2) is 6.58. The van der Waals surface area contributed by atoms with E-state index in [0.29, 0.717) is 18.3 Å². The molecule has 1 aromatic rings. The minimum atomic E-state index is -0.879. The molecule has 0 heterocycles. The molecule has 0 aliphatic heterocycles. The number of amides is 3. The van der Waals surface area contributed by atoms with E-state index in [1.54, 1.807) is 6.92 Å². The van der Waals surface area contributed by atoms with Crippen LogP contribution in [0.3, 0.4) is 0 Å². The maximum Gasteiger partial charge on any atom is 0.318 e. The van der Waals surface area contributed by atoms with Gasteiger partial charge in [-0.15, -0.1) is 0 Å². The maximum atomic E-state index is 11.7. The van der Waals surface area contributed by atoms with Crippen LogP contribution in [0, 0.1) is 6.92 Å². The molecule has 0 spiro atoms. The summed E-state index contributed by atoms with van der Waals surface area (Å²) in [6.07, 6.45) is 1.62. The molecule has 1 atom stereocenters. The fourth-order valence-electron chi connectivity index (χ4n) is 2.02. The topological polar surface area (TPSA) is 93.4 Å². The first kappa shape index (κ1) is 15.3. The summed E-state index contributed by atoms with van der Waals surface area (Å²) in [6, 6.07) is 5.57. The smallest absolute Gasteiger partial charge is 0.318 e. The van der Waals surface area contributed by atoms with Crippen LogP contribution in [0.15, 0.2) is 18.2 Å². The van der Waals surface area contributed by atoms with Crippen molar-refractivity contribution in [1.29, 1.82) is 0 Å². The number of imide groups is 1. The molecule has 1 aliphatic rings. The fourth-order valence-corrected chi connectivity index (χ4v) is 2.02. The van der Waals surface area contributed by atoms with E-state index in [1.807, 2.05) is 30.4 Å². The van der Waals surface area contributed by atoms with Crippen molar-refractivity contribution in [1.82, 2.24) is 10.6 Å². The van der Waals surface area contributed by atoms with Crippen LogP contribution in [0.5, 0.6) is 5.75 Å². The summed E-state index contributed by atoms with van der Waals surface area (Å²) >= 11 is 0. The van der Waals surface area contributed by atoms with Crippen molar-refractivity contribution in [2.24, 2.45) is 5.73 Å². The molecule has 21 heavy (non-hydrogen) atoms. The predicted molar refractivity (Wildman–Crippen MR) is 78.9 cm³/mol. The van der Waals surface area contributed by atoms with Crippen molar-refractivity contribution >= 4 is 11.9 Å². The van der Waals surface area contributed by atoms with Gasteiger partial charge in [0.25, 0.3) is 5.91 Å². The number of ether oxygens (including phenoxy) is 1. The summed E-state index contributed by atoms with van der Waals surface area (Å²) in [5.41, 5.74) is 6.88. The van der Waals surface area contributed by atoms with Crippen LogP contribution >= 0.6 is 0 Å². The molecule has 1 unspecified atom stereocenters. The van der Waals surface area contributed by atoms with Crippen LogP contribution in [0.1, 0.15) is 30.9 Å². The molecule has 0 aromatic heterocycles. The number of primary amides is 1. The molecule has 4 N–H and O–H groups in total. The minimum absolute atomic E-state index is 0.549. The molecule has 6 nitrogen and oxygen atoms in total. The van der Waals surface area contributed by atoms with Gasteiger partial charge in [-0.05, 0) is 32.3 Å². The van der Waals surface area contributed by atoms with Gasteiger partial charge in [-0.1, -0.05) is 18.2 Å². The number of aryl methyl sites for hydroxylation is 1. The lowest BCUT2D eigenvalue weighted by Gasteiger charge is -2.18. The van der Waals surface area contributed by atoms with E-state index in [4.69, 9.17) is 10.5 Å². The Balaban J connectivity index is 2.06. The highest BCUT2D eigenvalue weighted by Gasteiger charge is 2.22. The number of para-hydroxylation sites is 1. The van der Waals surface area contributed by atoms with Crippen molar-refractivity contribution in [3.05, 3.63) is 29.3 Å². The average Bonchev–Trinajstić information content (AvgIpc) is 3.22. The Morgan fingerprint density at radius 3 is 2.76 bits per heavy atom. The highest BCUT2D eigenvalue weighted by Crippen LogP contribution is 2.26. The molecule has 6 heteroatoms. The van der Waals surface area contributed by atoms with E-state index < -0.39 is 18.0 Å². The van der Waals surface area contributed by atoms with Crippen LogP contribution in [0.2, 0.25) is 0 Å². The Morgan fingerprint density at radius 2 is 2.14 bits per heavy atom. The third kappa shape index (κ3) is 4.46. The molecule has 1 saturated carbocycles. The monoisotopic (exact) mass is 291 g/mol. The molecule has 0 saturated heterocycles. The Morgan fingerprint density at radius 1 is 1.43 bits per heavy atom. The van der Waals surface area contributed by atoms with E-state index in [-0.39, 0.29) is 0 Å². The summed E-state index contributed by atoms with van der Waals surface area (Å²) in [4.78, 5) is 22.4. The normalized spacial score (nSPS) is 15.3. The SMILES string of the molecule is Cc1cccc(CNC2CC2)c1OC(C)C(=O)NC(N)=O. The van der Waals surface area contributed by atoms with Crippen LogP contribution in [0.4, 0.5) is 4.79 Å². The number of carbonyl (C=O) groups excluding carboxylic acids is 2. The summed E-state index contributed by atoms with van der Waals surface area (Å²) in [5.74, 6) is 0.129. The van der Waals surface area contributed by atoms with E-state index in [0.717, 1.165) is 11.1 Å². The number of benzene rings is 1. The van der Waals surface area contributed by atoms with Gasteiger partial charge in [0, 0.05) is 18.2 Å². The van der Waals surface area contributed by atoms with Gasteiger partial charge < -0.3 is 15.8 Å². The lowest BCUT2D eigenvalue weighted by Crippen LogP contribution is -2.42. The summed E-state index contributed by atoms with van der Waals surface area (Å²) in [7, 11) is 0. The first-order valence-corrected chi connectivity index (χ1v) is 7.06. The average molecular weight is 291 g/mol. The number of nitrogens with two attached hydrogens (primary N) is 1. The van der Waals surface area contributed by atoms with Crippen molar-refractivity contribution in [2.45, 2.75) is 45.4 Å². The molecule has 1 fully saturated rings. The molecule has 3 amide bonds. The number of hydrogen-bond donors (Lipinski definition) is 3. The zero-order valence-corrected chi connectivity index (χ0v) is 12.3. The minimum Gasteiger partial charge on any atom is -0.480 e. The van der Waals surface area contributed by atoms with Gasteiger partial charge in [-0.25, -0.2) is 4.79 Å². The van der Waals surface area contributed by atoms with Gasteiger partial charge in [-0.2, -0.15) is 0 Å². The van der Waals surface area contributed by atoms with Gasteiger partial charge in [0.2, 0.25) is 0 Å². The fraction of sp³-hybridized carbons (Fsp3) is 0.467. The summed E-state index contributed by atoms with van der Waals surface area (Å²) in [5, 5.41) is 5.44. The van der Waals surface area contributed by atoms with E-state index >= 15 is 0 Å². The summed E-state index contributed by atoms with van der Waals surface area (Å²) < 4.78 is 5.73. The first-order chi connectivity index (χ1) is 9.97. The van der Waals surface area contributed by atoms with E-state index in [1.165, 1.54) is 12.8 Å². The Labute approximate surface area is 124 Å². The zero-order valence-electron chi connectivity index (χ0n) is 12.3. The zero-order chi connectivity index (χ0) is 15.4. The van der Waals surface area contributed by atoms with Gasteiger partial charge >= 0.3 is 6.03 Å². The predicted octanol–water partition coefficient (Wildman–Crippen LogP) is 1.21. The van der Waals surface area contributed by atoms with Crippen molar-refractivity contribution < 1.29 is 14.3 Å². The maximum absolute atomic E-state index is 11.7. The van der Waals surface area contributed by atoms with Crippen LogP contribution < -0.4 is 21.1 Å². The quantitative estimate of drug-likeness (QED) is 0.734. The second-order valence-electron chi connectivity index (χ2n) is 5.33. The highest BCUT2D eigenvalue weighted by molar-refractivity contribution is 5.95. The second-order valence-corrected chi connectivity index (χ2v) is 5.33. The van der Waals surface area contributed by atoms with Gasteiger partial charge in [0.1, 0.15) is 5.75 Å². The van der Waals surface area contributed by atoms with Gasteiger partial charge in [0.15, 0.2) is 6.10 Å². The molecule has 114 valence electrons. The lowest BCUT2D eigenvalue weighted by molar-refractivity contribution is -0.126. The van der Waals surface area contributed by atoms with Crippen molar-refractivity contribution in [3.63, 3.8) is 0 Å². The Bertz CT molecular complexity index is 541. The van der Waals surface area contributed by atoms with Gasteiger partial charge in [-0.3, -0.25) is 10.1 Å². The summed E-state index contributed by atoms with van der Waals surface area (Å²) in [6.45, 7) is 4.21. The van der Waals surface area contributed by atoms with Crippen molar-refractivity contribution in [2.75, 3.05) is 0 Å². The third-order valence-electron chi connectivity index (χ3n) is 3.36. The number of hydrogen-bond acceptors (Lipinski definition) is 4. The highest BCUT2D eigenvalue weighted by atomic mass is 16.5. The molecular weight excluding hydrogens is 270 g/mol. The third-order valence-corrected chi connectivity index (χ3v) is 3.36. The number of nitrogens with one attached hydrogen (secondary N) is 2. The van der Waals surface area contributed by atoms with E-state index in [2.05, 4.69) is 5.32 Å². The standard InChI is InChI=1S/C15H21N3O3/c1-9-4-3-5-11(8-17-12-6-7-12)13(9)21-10(2)14(19)18-15(16)20/h3-5,10,12,17H,6-8H2,1-2H3,(H3,16,18,19,20). The largest absolute Gasteiger partial charge is 0.480 e. The number of urea groups is 1. The molecule has 1 aromatic carbocycles.